The van der Waals surface area contributed by atoms with Crippen LogP contribution in [0.5, 0.6) is 0 Å². The van der Waals surface area contributed by atoms with E-state index in [4.69, 9.17) is 18.9 Å². The molecule has 0 unspecified atom stereocenters. The molecule has 0 saturated heterocycles. The fraction of sp³-hybridized carbons (Fsp3) is 0.395. The predicted molar refractivity (Wildman–Crippen MR) is 196 cm³/mol. The van der Waals surface area contributed by atoms with E-state index in [-0.39, 0.29) is 26.1 Å². The first kappa shape index (κ1) is 39.8. The van der Waals surface area contributed by atoms with Gasteiger partial charge >= 0.3 is 24.1 Å². The monoisotopic (exact) mass is 797 g/mol. The topological polar surface area (TPSA) is 142 Å². The van der Waals surface area contributed by atoms with Crippen molar-refractivity contribution in [2.45, 2.75) is 97.3 Å². The number of hydrogen-bond acceptors (Lipinski definition) is 9. The predicted octanol–water partition coefficient (Wildman–Crippen LogP) is 6.63. The summed E-state index contributed by atoms with van der Waals surface area (Å²) in [5, 5.41) is 5.20. The Hall–Kier alpha value is -4.64. The van der Waals surface area contributed by atoms with Crippen LogP contribution in [0.4, 0.5) is 9.59 Å². The third-order valence-corrected chi connectivity index (χ3v) is 7.35. The van der Waals surface area contributed by atoms with Crippen molar-refractivity contribution in [3.8, 4) is 11.8 Å². The lowest BCUT2D eigenvalue weighted by Gasteiger charge is -2.23. The van der Waals surface area contributed by atoms with E-state index < -0.39 is 47.4 Å². The number of ether oxygens (including phenoxy) is 4. The summed E-state index contributed by atoms with van der Waals surface area (Å²) in [5.74, 6) is 4.67. The van der Waals surface area contributed by atoms with Crippen LogP contribution in [0.1, 0.15) is 76.8 Å². The number of nitrogens with zero attached hydrogens (tertiary/aromatic N) is 1. The highest BCUT2D eigenvalue weighted by Crippen LogP contribution is 2.16. The smallest absolute Gasteiger partial charge is 0.408 e. The largest absolute Gasteiger partial charge is 0.459 e. The lowest BCUT2D eigenvalue weighted by Crippen LogP contribution is -2.44. The normalized spacial score (nSPS) is 12.3. The third kappa shape index (κ3) is 15.3. The Morgan fingerprint density at radius 1 is 0.740 bits per heavy atom. The van der Waals surface area contributed by atoms with Gasteiger partial charge in [0.25, 0.3) is 0 Å². The number of halogens is 1. The first-order valence-electron chi connectivity index (χ1n) is 16.1. The van der Waals surface area contributed by atoms with E-state index in [1.54, 1.807) is 47.7 Å². The molecule has 0 aliphatic heterocycles. The van der Waals surface area contributed by atoms with Gasteiger partial charge in [-0.2, -0.15) is 0 Å². The number of alkyl carbamates (subject to hydrolysis) is 2. The number of pyridine rings is 1. The number of aryl methyl sites for hydroxylation is 1. The molecule has 11 nitrogen and oxygen atoms in total. The first-order chi connectivity index (χ1) is 23.6. The molecule has 266 valence electrons. The lowest BCUT2D eigenvalue weighted by molar-refractivity contribution is -0.148. The Balaban J connectivity index is 1.67. The van der Waals surface area contributed by atoms with Gasteiger partial charge in [-0.3, -0.25) is 0 Å². The second-order valence-corrected chi connectivity index (χ2v) is 14.5. The van der Waals surface area contributed by atoms with Crippen LogP contribution in [0.3, 0.4) is 0 Å². The van der Waals surface area contributed by atoms with E-state index in [1.807, 2.05) is 66.7 Å². The van der Waals surface area contributed by atoms with Gasteiger partial charge in [-0.15, -0.1) is 0 Å². The Morgan fingerprint density at radius 2 is 1.22 bits per heavy atom. The molecule has 0 saturated carbocycles. The summed E-state index contributed by atoms with van der Waals surface area (Å²) in [7, 11) is 0. The molecule has 1 heterocycles. The number of carbonyl (C=O) groups excluding carboxylic acids is 4. The van der Waals surface area contributed by atoms with Crippen molar-refractivity contribution in [1.82, 2.24) is 15.6 Å². The molecule has 0 aliphatic rings. The van der Waals surface area contributed by atoms with Crippen molar-refractivity contribution < 1.29 is 38.1 Å². The molecule has 0 radical (unpaired) electrons. The SMILES string of the molecule is CC(C)(C)OC(=O)N[C@@H](CC#Cc1ncc(CC[C@H](NC(=O)OC(C)(C)C)C(=O)OCc2ccccc2)cc1I)C(=O)OCc1ccccc1. The highest BCUT2D eigenvalue weighted by atomic mass is 127. The van der Waals surface area contributed by atoms with Crippen molar-refractivity contribution in [2.75, 3.05) is 0 Å². The molecule has 2 amide bonds. The zero-order chi connectivity index (χ0) is 36.7. The molecule has 0 bridgehead atoms. The fourth-order valence-electron chi connectivity index (χ4n) is 4.25. The Morgan fingerprint density at radius 3 is 1.70 bits per heavy atom. The van der Waals surface area contributed by atoms with Crippen LogP contribution >= 0.6 is 22.6 Å². The van der Waals surface area contributed by atoms with E-state index in [0.29, 0.717) is 12.1 Å². The molecule has 2 atom stereocenters. The molecule has 1 aromatic heterocycles. The molecule has 2 aromatic carbocycles. The van der Waals surface area contributed by atoms with Crippen molar-refractivity contribution in [3.05, 3.63) is 98.9 Å². The van der Waals surface area contributed by atoms with Gasteiger partial charge in [0.2, 0.25) is 0 Å². The molecule has 50 heavy (non-hydrogen) atoms. The Bertz CT molecular complexity index is 1660. The summed E-state index contributed by atoms with van der Waals surface area (Å²) in [4.78, 5) is 55.5. The molecular formula is C38H44IN3O8. The van der Waals surface area contributed by atoms with Gasteiger partial charge in [-0.25, -0.2) is 24.2 Å². The number of amides is 2. The maximum absolute atomic E-state index is 13.0. The summed E-state index contributed by atoms with van der Waals surface area (Å²) in [6, 6.07) is 18.3. The molecule has 3 rings (SSSR count). The van der Waals surface area contributed by atoms with Crippen molar-refractivity contribution in [3.63, 3.8) is 0 Å². The molecule has 0 aliphatic carbocycles. The zero-order valence-electron chi connectivity index (χ0n) is 29.2. The maximum Gasteiger partial charge on any atom is 0.408 e. The molecule has 0 spiro atoms. The van der Waals surface area contributed by atoms with Crippen molar-refractivity contribution in [2.24, 2.45) is 0 Å². The minimum atomic E-state index is -1.07. The highest BCUT2D eigenvalue weighted by Gasteiger charge is 2.27. The summed E-state index contributed by atoms with van der Waals surface area (Å²) in [5.41, 5.74) is 1.40. The Kier molecular flexibility index (Phi) is 15.1. The van der Waals surface area contributed by atoms with E-state index in [2.05, 4.69) is 50.0 Å². The molecule has 12 heteroatoms. The van der Waals surface area contributed by atoms with E-state index in [1.165, 1.54) is 0 Å². The minimum absolute atomic E-state index is 0.0411. The maximum atomic E-state index is 13.0. The van der Waals surface area contributed by atoms with Crippen LogP contribution in [0, 0.1) is 15.4 Å². The average molecular weight is 798 g/mol. The van der Waals surface area contributed by atoms with Crippen molar-refractivity contribution >= 4 is 46.7 Å². The second-order valence-electron chi connectivity index (χ2n) is 13.3. The number of aromatic nitrogens is 1. The van der Waals surface area contributed by atoms with Crippen LogP contribution in [0.25, 0.3) is 0 Å². The van der Waals surface area contributed by atoms with Gasteiger partial charge in [0.05, 0.1) is 0 Å². The standard InChI is InChI=1S/C38H44IN3O8/c1-37(2,3)49-35(45)41-31(33(43)47-24-26-14-9-7-10-15-26)19-13-18-30-29(39)22-28(23-40-30)20-21-32(42-36(46)50-38(4,5)6)34(44)48-25-27-16-11-8-12-17-27/h7-12,14-17,22-23,31-32H,19-21,24-25H2,1-6H3,(H,41,45)(H,42,46)/t31-,32-/m0/s1. The average Bonchev–Trinajstić information content (AvgIpc) is 3.04. The van der Waals surface area contributed by atoms with E-state index in [9.17, 15) is 19.2 Å². The van der Waals surface area contributed by atoms with Crippen molar-refractivity contribution in [1.29, 1.82) is 0 Å². The quantitative estimate of drug-likeness (QED) is 0.0894. The third-order valence-electron chi connectivity index (χ3n) is 6.53. The van der Waals surface area contributed by atoms with E-state index in [0.717, 1.165) is 20.3 Å². The number of carbonyl (C=O) groups is 4. The fourth-order valence-corrected chi connectivity index (χ4v) is 4.93. The molecule has 0 fully saturated rings. The number of nitrogens with one attached hydrogen (secondary N) is 2. The molecule has 2 N–H and O–H groups in total. The van der Waals surface area contributed by atoms with Crippen LogP contribution in [0.15, 0.2) is 72.9 Å². The van der Waals surface area contributed by atoms with Crippen LogP contribution in [-0.2, 0) is 48.2 Å². The summed E-state index contributed by atoms with van der Waals surface area (Å²) >= 11 is 2.11. The summed E-state index contributed by atoms with van der Waals surface area (Å²) in [6.07, 6.45) is 0.736. The van der Waals surface area contributed by atoms with E-state index >= 15 is 0 Å². The Labute approximate surface area is 307 Å². The van der Waals surface area contributed by atoms with Gasteiger partial charge in [0.1, 0.15) is 42.2 Å². The minimum Gasteiger partial charge on any atom is -0.459 e. The number of benzene rings is 2. The molecule has 3 aromatic rings. The highest BCUT2D eigenvalue weighted by molar-refractivity contribution is 14.1. The number of rotatable bonds is 12. The molecular weight excluding hydrogens is 753 g/mol. The van der Waals surface area contributed by atoms with Gasteiger partial charge < -0.3 is 29.6 Å². The summed E-state index contributed by atoms with van der Waals surface area (Å²) in [6.45, 7) is 10.5. The zero-order valence-corrected chi connectivity index (χ0v) is 31.4. The van der Waals surface area contributed by atoms with Crippen LogP contribution < -0.4 is 10.6 Å². The van der Waals surface area contributed by atoms with Crippen LogP contribution in [-0.4, -0.2) is 52.4 Å². The number of esters is 2. The second kappa shape index (κ2) is 18.9. The summed E-state index contributed by atoms with van der Waals surface area (Å²) < 4.78 is 22.4. The number of hydrogen-bond donors (Lipinski definition) is 2. The van der Waals surface area contributed by atoms with Crippen LogP contribution in [0.2, 0.25) is 0 Å². The van der Waals surface area contributed by atoms with Gasteiger partial charge in [-0.1, -0.05) is 66.6 Å². The van der Waals surface area contributed by atoms with Gasteiger partial charge in [-0.05, 0) is 106 Å². The van der Waals surface area contributed by atoms with Gasteiger partial charge in [0.15, 0.2) is 0 Å². The lowest BCUT2D eigenvalue weighted by atomic mass is 10.1. The van der Waals surface area contributed by atoms with Gasteiger partial charge in [0, 0.05) is 16.2 Å². The first-order valence-corrected chi connectivity index (χ1v) is 17.2.